The molecule has 0 bridgehead atoms. The van der Waals surface area contributed by atoms with Crippen LogP contribution in [-0.4, -0.2) is 16.5 Å². The minimum absolute atomic E-state index is 0.000730. The van der Waals surface area contributed by atoms with Crippen LogP contribution in [0.1, 0.15) is 36.7 Å². The highest BCUT2D eigenvalue weighted by Gasteiger charge is 2.17. The third-order valence-electron chi connectivity index (χ3n) is 4.59. The van der Waals surface area contributed by atoms with Gasteiger partial charge >= 0.3 is 0 Å². The Bertz CT molecular complexity index is 833. The van der Waals surface area contributed by atoms with Gasteiger partial charge in [-0.15, -0.1) is 0 Å². The molecule has 1 N–H and O–H groups in total. The summed E-state index contributed by atoms with van der Waals surface area (Å²) in [4.78, 5) is 12.7. The summed E-state index contributed by atoms with van der Waals surface area (Å²) in [7, 11) is 0. The topological polar surface area (TPSA) is 34.0 Å². The molecule has 1 aromatic heterocycles. The second-order valence-electron chi connectivity index (χ2n) is 6.68. The summed E-state index contributed by atoms with van der Waals surface area (Å²) in [6.07, 6.45) is 1.97. The molecule has 0 spiro atoms. The van der Waals surface area contributed by atoms with Crippen molar-refractivity contribution in [2.45, 2.75) is 33.4 Å². The quantitative estimate of drug-likeness (QED) is 0.739. The monoisotopic (exact) mass is 320 g/mol. The van der Waals surface area contributed by atoms with Gasteiger partial charge in [-0.05, 0) is 24.5 Å². The van der Waals surface area contributed by atoms with Crippen LogP contribution in [0.15, 0.2) is 60.8 Å². The Morgan fingerprint density at radius 2 is 1.67 bits per heavy atom. The molecule has 1 unspecified atom stereocenters. The molecule has 0 aliphatic rings. The summed E-state index contributed by atoms with van der Waals surface area (Å²) in [5.74, 6) is 0.408. The predicted molar refractivity (Wildman–Crippen MR) is 99.2 cm³/mol. The normalized spacial score (nSPS) is 12.5. The minimum atomic E-state index is -0.000730. The molecule has 0 aliphatic carbocycles. The van der Waals surface area contributed by atoms with E-state index < -0.39 is 0 Å². The first-order chi connectivity index (χ1) is 11.6. The molecule has 0 fully saturated rings. The van der Waals surface area contributed by atoms with Gasteiger partial charge in [-0.2, -0.15) is 0 Å². The molecule has 3 aromatic rings. The van der Waals surface area contributed by atoms with Gasteiger partial charge in [0.05, 0.1) is 5.56 Å². The van der Waals surface area contributed by atoms with Crippen LogP contribution in [0.25, 0.3) is 10.9 Å². The Kier molecular flexibility index (Phi) is 4.70. The van der Waals surface area contributed by atoms with Crippen molar-refractivity contribution in [2.24, 2.45) is 5.92 Å². The molecule has 1 heterocycles. The molecular weight excluding hydrogens is 296 g/mol. The second-order valence-corrected chi connectivity index (χ2v) is 6.68. The Hall–Kier alpha value is -2.55. The standard InChI is InChI=1S/C21H24N2O/c1-15(2)16(3)22-21(24)19-14-23(13-17-9-5-4-6-10-17)20-12-8-7-11-18(19)20/h4-12,14-16H,13H2,1-3H3,(H,22,24). The first kappa shape index (κ1) is 16.3. The summed E-state index contributed by atoms with van der Waals surface area (Å²) >= 11 is 0. The van der Waals surface area contributed by atoms with Crippen molar-refractivity contribution in [3.8, 4) is 0 Å². The first-order valence-corrected chi connectivity index (χ1v) is 8.49. The number of carbonyl (C=O) groups excluding carboxylic acids is 1. The number of hydrogen-bond donors (Lipinski definition) is 1. The maximum absolute atomic E-state index is 12.7. The van der Waals surface area contributed by atoms with E-state index in [-0.39, 0.29) is 11.9 Å². The third-order valence-corrected chi connectivity index (χ3v) is 4.59. The van der Waals surface area contributed by atoms with Crippen LogP contribution in [0.5, 0.6) is 0 Å². The van der Waals surface area contributed by atoms with E-state index in [1.165, 1.54) is 5.56 Å². The molecule has 0 saturated carbocycles. The number of carbonyl (C=O) groups is 1. The lowest BCUT2D eigenvalue weighted by molar-refractivity contribution is 0.0932. The molecule has 3 rings (SSSR count). The van der Waals surface area contributed by atoms with E-state index in [0.29, 0.717) is 5.92 Å². The van der Waals surface area contributed by atoms with Crippen LogP contribution in [0.4, 0.5) is 0 Å². The summed E-state index contributed by atoms with van der Waals surface area (Å²) in [6, 6.07) is 18.5. The lowest BCUT2D eigenvalue weighted by atomic mass is 10.1. The molecule has 0 radical (unpaired) electrons. The second kappa shape index (κ2) is 6.91. The molecule has 1 amide bonds. The molecule has 2 aromatic carbocycles. The number of hydrogen-bond acceptors (Lipinski definition) is 1. The van der Waals surface area contributed by atoms with E-state index in [2.05, 4.69) is 41.9 Å². The van der Waals surface area contributed by atoms with Crippen LogP contribution >= 0.6 is 0 Å². The fourth-order valence-electron chi connectivity index (χ4n) is 2.79. The van der Waals surface area contributed by atoms with E-state index in [1.807, 2.05) is 49.5 Å². The third kappa shape index (κ3) is 3.35. The van der Waals surface area contributed by atoms with Crippen LogP contribution in [0.2, 0.25) is 0 Å². The van der Waals surface area contributed by atoms with Gasteiger partial charge in [0, 0.05) is 29.7 Å². The number of nitrogens with one attached hydrogen (secondary N) is 1. The fraction of sp³-hybridized carbons (Fsp3) is 0.286. The van der Waals surface area contributed by atoms with Gasteiger partial charge in [-0.25, -0.2) is 0 Å². The average Bonchev–Trinajstić information content (AvgIpc) is 2.94. The van der Waals surface area contributed by atoms with Crippen molar-refractivity contribution in [1.29, 1.82) is 0 Å². The lowest BCUT2D eigenvalue weighted by Gasteiger charge is -2.17. The number of aromatic nitrogens is 1. The number of amides is 1. The first-order valence-electron chi connectivity index (χ1n) is 8.49. The van der Waals surface area contributed by atoms with Crippen molar-refractivity contribution in [3.63, 3.8) is 0 Å². The van der Waals surface area contributed by atoms with Crippen LogP contribution in [-0.2, 0) is 6.54 Å². The van der Waals surface area contributed by atoms with Gasteiger partial charge in [0.1, 0.15) is 0 Å². The van der Waals surface area contributed by atoms with Crippen LogP contribution in [0.3, 0.4) is 0 Å². The van der Waals surface area contributed by atoms with E-state index in [9.17, 15) is 4.79 Å². The predicted octanol–water partition coefficient (Wildman–Crippen LogP) is 4.46. The van der Waals surface area contributed by atoms with E-state index >= 15 is 0 Å². The number of benzene rings is 2. The van der Waals surface area contributed by atoms with Crippen molar-refractivity contribution >= 4 is 16.8 Å². The Labute approximate surface area is 143 Å². The Balaban J connectivity index is 1.96. The van der Waals surface area contributed by atoms with Crippen molar-refractivity contribution < 1.29 is 4.79 Å². The lowest BCUT2D eigenvalue weighted by Crippen LogP contribution is -2.36. The number of nitrogens with zero attached hydrogens (tertiary/aromatic N) is 1. The van der Waals surface area contributed by atoms with E-state index in [4.69, 9.17) is 0 Å². The van der Waals surface area contributed by atoms with E-state index in [0.717, 1.165) is 23.0 Å². The fourth-order valence-corrected chi connectivity index (χ4v) is 2.79. The van der Waals surface area contributed by atoms with Crippen molar-refractivity contribution in [1.82, 2.24) is 9.88 Å². The highest BCUT2D eigenvalue weighted by Crippen LogP contribution is 2.22. The molecule has 0 saturated heterocycles. The SMILES string of the molecule is CC(C)C(C)NC(=O)c1cn(Cc2ccccc2)c2ccccc12. The van der Waals surface area contributed by atoms with E-state index in [1.54, 1.807) is 0 Å². The zero-order valence-electron chi connectivity index (χ0n) is 14.5. The molecule has 0 aliphatic heterocycles. The highest BCUT2D eigenvalue weighted by molar-refractivity contribution is 6.07. The maximum atomic E-state index is 12.7. The van der Waals surface area contributed by atoms with Gasteiger partial charge < -0.3 is 9.88 Å². The summed E-state index contributed by atoms with van der Waals surface area (Å²) in [5.41, 5.74) is 3.05. The van der Waals surface area contributed by atoms with Gasteiger partial charge in [-0.1, -0.05) is 62.4 Å². The molecular formula is C21H24N2O. The number of para-hydroxylation sites is 1. The largest absolute Gasteiger partial charge is 0.349 e. The van der Waals surface area contributed by atoms with Gasteiger partial charge in [0.2, 0.25) is 0 Å². The van der Waals surface area contributed by atoms with Gasteiger partial charge in [0.15, 0.2) is 0 Å². The molecule has 124 valence electrons. The smallest absolute Gasteiger partial charge is 0.253 e. The number of fused-ring (bicyclic) bond motifs is 1. The molecule has 1 atom stereocenters. The highest BCUT2D eigenvalue weighted by atomic mass is 16.1. The molecule has 3 heteroatoms. The Morgan fingerprint density at radius 1 is 1.00 bits per heavy atom. The zero-order chi connectivity index (χ0) is 17.1. The maximum Gasteiger partial charge on any atom is 0.253 e. The summed E-state index contributed by atoms with van der Waals surface area (Å²) in [6.45, 7) is 7.04. The van der Waals surface area contributed by atoms with Crippen molar-refractivity contribution in [2.75, 3.05) is 0 Å². The van der Waals surface area contributed by atoms with Crippen LogP contribution < -0.4 is 5.32 Å². The molecule has 3 nitrogen and oxygen atoms in total. The van der Waals surface area contributed by atoms with Crippen LogP contribution in [0, 0.1) is 5.92 Å². The minimum Gasteiger partial charge on any atom is -0.349 e. The molecule has 24 heavy (non-hydrogen) atoms. The van der Waals surface area contributed by atoms with Gasteiger partial charge in [0.25, 0.3) is 5.91 Å². The van der Waals surface area contributed by atoms with Crippen molar-refractivity contribution in [3.05, 3.63) is 71.9 Å². The van der Waals surface area contributed by atoms with Gasteiger partial charge in [-0.3, -0.25) is 4.79 Å². The average molecular weight is 320 g/mol. The Morgan fingerprint density at radius 3 is 2.38 bits per heavy atom. The summed E-state index contributed by atoms with van der Waals surface area (Å²) < 4.78 is 2.15. The number of rotatable bonds is 5. The zero-order valence-corrected chi connectivity index (χ0v) is 14.5. The summed E-state index contributed by atoms with van der Waals surface area (Å²) in [5, 5.41) is 4.11.